The van der Waals surface area contributed by atoms with Crippen LogP contribution < -0.4 is 5.32 Å². The zero-order chi connectivity index (χ0) is 23.0. The van der Waals surface area contributed by atoms with Crippen LogP contribution in [0.25, 0.3) is 10.9 Å². The van der Waals surface area contributed by atoms with Crippen LogP contribution in [0.4, 0.5) is 22.0 Å². The molecule has 0 spiro atoms. The third kappa shape index (κ3) is 4.53. The molecule has 0 atom stereocenters. The highest BCUT2D eigenvalue weighted by molar-refractivity contribution is 5.94. The summed E-state index contributed by atoms with van der Waals surface area (Å²) in [5.41, 5.74) is -0.654. The van der Waals surface area contributed by atoms with Gasteiger partial charge in [0.1, 0.15) is 0 Å². The normalized spacial score (nSPS) is 19.3. The number of fused-ring (bicyclic) bond motifs is 1. The van der Waals surface area contributed by atoms with E-state index in [9.17, 15) is 26.7 Å². The lowest BCUT2D eigenvalue weighted by Gasteiger charge is -2.28. The van der Waals surface area contributed by atoms with E-state index in [1.165, 1.54) is 6.07 Å². The zero-order valence-corrected chi connectivity index (χ0v) is 16.8. The topological polar surface area (TPSA) is 67.2 Å². The second-order valence-electron chi connectivity index (χ2n) is 8.05. The molecule has 1 amide bonds. The number of carbonyl (C=O) groups excluding carboxylic acids is 1. The summed E-state index contributed by atoms with van der Waals surface area (Å²) < 4.78 is 67.3. The summed E-state index contributed by atoms with van der Waals surface area (Å²) in [5.74, 6) is -4.01. The summed E-state index contributed by atoms with van der Waals surface area (Å²) in [6.07, 6.45) is 0.320. The van der Waals surface area contributed by atoms with Gasteiger partial charge in [0.05, 0.1) is 17.1 Å². The number of nitrogens with one attached hydrogen (secondary N) is 1. The number of alkyl halides is 3. The Hall–Kier alpha value is -3.17. The van der Waals surface area contributed by atoms with E-state index in [0.717, 1.165) is 49.9 Å². The van der Waals surface area contributed by atoms with Crippen LogP contribution in [-0.4, -0.2) is 27.3 Å². The summed E-state index contributed by atoms with van der Waals surface area (Å²) in [4.78, 5) is 12.2. The van der Waals surface area contributed by atoms with Crippen LogP contribution in [0, 0.1) is 17.6 Å². The molecule has 1 heterocycles. The van der Waals surface area contributed by atoms with Crippen molar-refractivity contribution < 1.29 is 31.9 Å². The molecule has 3 aromatic rings. The lowest BCUT2D eigenvalue weighted by molar-refractivity contribution is -0.137. The second-order valence-corrected chi connectivity index (χ2v) is 8.05. The average molecular weight is 453 g/mol. The molecule has 0 saturated heterocycles. The van der Waals surface area contributed by atoms with Crippen LogP contribution in [0.15, 0.2) is 36.5 Å². The first kappa shape index (κ1) is 22.0. The first-order valence-corrected chi connectivity index (χ1v) is 10.1. The molecule has 170 valence electrons. The predicted octanol–water partition coefficient (Wildman–Crippen LogP) is 5.20. The highest BCUT2D eigenvalue weighted by Crippen LogP contribution is 2.34. The minimum Gasteiger partial charge on any atom is -0.503 e. The number of nitrogens with zero attached hydrogens (tertiary/aromatic N) is 2. The summed E-state index contributed by atoms with van der Waals surface area (Å²) in [6, 6.07) is 5.09. The molecule has 0 radical (unpaired) electrons. The minimum atomic E-state index is -4.42. The molecule has 1 fully saturated rings. The van der Waals surface area contributed by atoms with Crippen molar-refractivity contribution in [1.82, 2.24) is 15.1 Å². The molecule has 1 aliphatic carbocycles. The Bertz CT molecular complexity index is 1130. The SMILES string of the molecule is O=C(NCC1CCC(n2cc3ccc(C(F)(F)F)cc3n2)CC1)c1cc(F)c(O)c(F)c1. The minimum absolute atomic E-state index is 0.0454. The Kier molecular flexibility index (Phi) is 5.79. The predicted molar refractivity (Wildman–Crippen MR) is 106 cm³/mol. The fourth-order valence-electron chi connectivity index (χ4n) is 4.05. The molecule has 0 unspecified atom stereocenters. The number of halogens is 5. The quantitative estimate of drug-likeness (QED) is 0.534. The van der Waals surface area contributed by atoms with E-state index in [1.807, 2.05) is 0 Å². The maximum atomic E-state index is 13.4. The van der Waals surface area contributed by atoms with E-state index in [2.05, 4.69) is 10.4 Å². The van der Waals surface area contributed by atoms with Crippen molar-refractivity contribution in [3.8, 4) is 5.75 Å². The van der Waals surface area contributed by atoms with Crippen LogP contribution in [-0.2, 0) is 6.18 Å². The lowest BCUT2D eigenvalue weighted by atomic mass is 9.86. The summed E-state index contributed by atoms with van der Waals surface area (Å²) in [7, 11) is 0. The highest BCUT2D eigenvalue weighted by Gasteiger charge is 2.31. The Labute approximate surface area is 179 Å². The first-order chi connectivity index (χ1) is 15.1. The molecule has 5 nitrogen and oxygen atoms in total. The Balaban J connectivity index is 1.34. The first-order valence-electron chi connectivity index (χ1n) is 10.1. The van der Waals surface area contributed by atoms with Gasteiger partial charge in [-0.15, -0.1) is 0 Å². The molecule has 2 N–H and O–H groups in total. The molecule has 1 aliphatic rings. The van der Waals surface area contributed by atoms with Crippen LogP contribution in [0.2, 0.25) is 0 Å². The zero-order valence-electron chi connectivity index (χ0n) is 16.8. The van der Waals surface area contributed by atoms with Gasteiger partial charge in [-0.3, -0.25) is 9.48 Å². The number of phenolic OH excluding ortho intramolecular Hbond substituents is 1. The van der Waals surface area contributed by atoms with E-state index < -0.39 is 35.0 Å². The maximum absolute atomic E-state index is 13.4. The van der Waals surface area contributed by atoms with Crippen LogP contribution in [0.3, 0.4) is 0 Å². The number of carbonyl (C=O) groups is 1. The van der Waals surface area contributed by atoms with Crippen LogP contribution in [0.5, 0.6) is 5.75 Å². The molecular formula is C22H20F5N3O2. The number of hydrogen-bond donors (Lipinski definition) is 2. The van der Waals surface area contributed by atoms with E-state index in [4.69, 9.17) is 5.11 Å². The van der Waals surface area contributed by atoms with Gasteiger partial charge in [0, 0.05) is 23.7 Å². The van der Waals surface area contributed by atoms with Crippen molar-refractivity contribution in [3.05, 3.63) is 59.3 Å². The number of phenols is 1. The Morgan fingerprint density at radius 2 is 1.75 bits per heavy atom. The van der Waals surface area contributed by atoms with Gasteiger partial charge in [-0.25, -0.2) is 8.78 Å². The number of amides is 1. The molecule has 1 saturated carbocycles. The Morgan fingerprint density at radius 3 is 2.38 bits per heavy atom. The molecule has 0 aliphatic heterocycles. The summed E-state index contributed by atoms with van der Waals surface area (Å²) in [5, 5.41) is 16.7. The molecule has 32 heavy (non-hydrogen) atoms. The van der Waals surface area contributed by atoms with E-state index in [-0.39, 0.29) is 17.5 Å². The fourth-order valence-corrected chi connectivity index (χ4v) is 4.05. The smallest absolute Gasteiger partial charge is 0.416 e. The number of aromatic hydroxyl groups is 1. The maximum Gasteiger partial charge on any atom is 0.416 e. The van der Waals surface area contributed by atoms with Crippen LogP contribution in [0.1, 0.15) is 47.6 Å². The van der Waals surface area contributed by atoms with Gasteiger partial charge in [0.2, 0.25) is 0 Å². The Morgan fingerprint density at radius 1 is 1.09 bits per heavy atom. The molecule has 10 heteroatoms. The third-order valence-corrected chi connectivity index (χ3v) is 5.87. The molecule has 1 aromatic heterocycles. The van der Waals surface area contributed by atoms with Gasteiger partial charge < -0.3 is 10.4 Å². The van der Waals surface area contributed by atoms with Crippen molar-refractivity contribution in [3.63, 3.8) is 0 Å². The van der Waals surface area contributed by atoms with Crippen LogP contribution >= 0.6 is 0 Å². The molecule has 4 rings (SSSR count). The van der Waals surface area contributed by atoms with Gasteiger partial charge in [-0.2, -0.15) is 18.3 Å². The number of hydrogen-bond acceptors (Lipinski definition) is 3. The standard InChI is InChI=1S/C22H20F5N3O2/c23-17-7-14(8-18(24)20(17)31)21(32)28-10-12-1-5-16(6-2-12)30-11-13-3-4-15(22(25,26)27)9-19(13)29-30/h3-4,7-9,11-12,16,31H,1-2,5-6,10H2,(H,28,32). The summed E-state index contributed by atoms with van der Waals surface area (Å²) >= 11 is 0. The van der Waals surface area contributed by atoms with Crippen molar-refractivity contribution >= 4 is 16.8 Å². The van der Waals surface area contributed by atoms with Crippen molar-refractivity contribution in [2.24, 2.45) is 5.92 Å². The van der Waals surface area contributed by atoms with E-state index in [1.54, 1.807) is 10.9 Å². The molecule has 2 aromatic carbocycles. The fraction of sp³-hybridized carbons (Fsp3) is 0.364. The number of aromatic nitrogens is 2. The van der Waals surface area contributed by atoms with Crippen molar-refractivity contribution in [2.45, 2.75) is 37.9 Å². The van der Waals surface area contributed by atoms with Gasteiger partial charge in [0.15, 0.2) is 17.4 Å². The van der Waals surface area contributed by atoms with Gasteiger partial charge in [-0.05, 0) is 55.9 Å². The molecular weight excluding hydrogens is 433 g/mol. The largest absolute Gasteiger partial charge is 0.503 e. The van der Waals surface area contributed by atoms with Gasteiger partial charge >= 0.3 is 6.18 Å². The third-order valence-electron chi connectivity index (χ3n) is 5.87. The molecule has 0 bridgehead atoms. The van der Waals surface area contributed by atoms with E-state index >= 15 is 0 Å². The number of benzene rings is 2. The monoisotopic (exact) mass is 453 g/mol. The highest BCUT2D eigenvalue weighted by atomic mass is 19.4. The van der Waals surface area contributed by atoms with E-state index in [0.29, 0.717) is 17.4 Å². The van der Waals surface area contributed by atoms with Gasteiger partial charge in [0.25, 0.3) is 5.91 Å². The summed E-state index contributed by atoms with van der Waals surface area (Å²) in [6.45, 7) is 0.325. The van der Waals surface area contributed by atoms with Crippen molar-refractivity contribution in [2.75, 3.05) is 6.54 Å². The average Bonchev–Trinajstić information content (AvgIpc) is 3.18. The van der Waals surface area contributed by atoms with Crippen molar-refractivity contribution in [1.29, 1.82) is 0 Å². The van der Waals surface area contributed by atoms with Gasteiger partial charge in [-0.1, -0.05) is 6.07 Å². The second kappa shape index (κ2) is 8.40. The number of rotatable bonds is 4. The lowest BCUT2D eigenvalue weighted by Crippen LogP contribution is -2.31.